The van der Waals surface area contributed by atoms with Gasteiger partial charge in [-0.05, 0) is 37.1 Å². The highest BCUT2D eigenvalue weighted by molar-refractivity contribution is 5.96. The molecule has 0 saturated heterocycles. The van der Waals surface area contributed by atoms with E-state index in [2.05, 4.69) is 0 Å². The van der Waals surface area contributed by atoms with Crippen molar-refractivity contribution in [3.05, 3.63) is 23.8 Å². The van der Waals surface area contributed by atoms with Gasteiger partial charge in [0.1, 0.15) is 11.7 Å². The third-order valence-corrected chi connectivity index (χ3v) is 2.96. The molecule has 1 atom stereocenters. The molecule has 0 fully saturated rings. The molecule has 96 valence electrons. The maximum atomic E-state index is 12.0. The zero-order valence-corrected chi connectivity index (χ0v) is 11.2. The fourth-order valence-corrected chi connectivity index (χ4v) is 1.75. The third-order valence-electron chi connectivity index (χ3n) is 2.96. The summed E-state index contributed by atoms with van der Waals surface area (Å²) in [6.45, 7) is 3.75. The van der Waals surface area contributed by atoms with Crippen molar-refractivity contribution in [2.24, 2.45) is 5.92 Å². The van der Waals surface area contributed by atoms with Gasteiger partial charge >= 0.3 is 0 Å². The lowest BCUT2D eigenvalue weighted by Crippen LogP contribution is -2.32. The minimum Gasteiger partial charge on any atom is -0.496 e. The smallest absolute Gasteiger partial charge is 0.244 e. The van der Waals surface area contributed by atoms with E-state index < -0.39 is 5.92 Å². The summed E-state index contributed by atoms with van der Waals surface area (Å²) in [5.41, 5.74) is 1.73. The Morgan fingerprint density at radius 2 is 2.22 bits per heavy atom. The number of anilines is 1. The van der Waals surface area contributed by atoms with E-state index in [4.69, 9.17) is 10.00 Å². The fraction of sp³-hybridized carbons (Fsp3) is 0.429. The van der Waals surface area contributed by atoms with E-state index in [9.17, 15) is 4.79 Å². The van der Waals surface area contributed by atoms with Gasteiger partial charge in [0.15, 0.2) is 0 Å². The van der Waals surface area contributed by atoms with E-state index in [0.717, 1.165) is 17.0 Å². The van der Waals surface area contributed by atoms with Gasteiger partial charge in [0, 0.05) is 12.7 Å². The summed E-state index contributed by atoms with van der Waals surface area (Å²) in [5.74, 6) is 0.0221. The molecule has 0 heterocycles. The molecule has 1 amide bonds. The molecule has 0 aliphatic heterocycles. The van der Waals surface area contributed by atoms with Crippen LogP contribution in [0.5, 0.6) is 5.75 Å². The highest BCUT2D eigenvalue weighted by Crippen LogP contribution is 2.24. The molecule has 18 heavy (non-hydrogen) atoms. The minimum atomic E-state index is -0.586. The first-order valence-corrected chi connectivity index (χ1v) is 5.87. The predicted octanol–water partition coefficient (Wildman–Crippen LogP) is 2.52. The van der Waals surface area contributed by atoms with Crippen molar-refractivity contribution in [1.82, 2.24) is 0 Å². The lowest BCUT2D eigenvalue weighted by molar-refractivity contribution is -0.120. The van der Waals surface area contributed by atoms with Crippen LogP contribution in [-0.4, -0.2) is 20.1 Å². The largest absolute Gasteiger partial charge is 0.496 e. The summed E-state index contributed by atoms with van der Waals surface area (Å²) in [6.07, 6.45) is 0.523. The van der Waals surface area contributed by atoms with Crippen molar-refractivity contribution in [3.63, 3.8) is 0 Å². The number of carbonyl (C=O) groups is 1. The highest BCUT2D eigenvalue weighted by atomic mass is 16.5. The van der Waals surface area contributed by atoms with Gasteiger partial charge < -0.3 is 9.64 Å². The van der Waals surface area contributed by atoms with Crippen LogP contribution in [0.2, 0.25) is 0 Å². The number of aryl methyl sites for hydroxylation is 1. The minimum absolute atomic E-state index is 0.176. The van der Waals surface area contributed by atoms with Gasteiger partial charge in [-0.15, -0.1) is 0 Å². The first-order valence-electron chi connectivity index (χ1n) is 5.87. The number of carbonyl (C=O) groups excluding carboxylic acids is 1. The van der Waals surface area contributed by atoms with Crippen molar-refractivity contribution in [2.45, 2.75) is 20.3 Å². The molecule has 1 aromatic carbocycles. The Hall–Kier alpha value is -2.02. The van der Waals surface area contributed by atoms with Gasteiger partial charge in [0.25, 0.3) is 0 Å². The Morgan fingerprint density at radius 3 is 2.67 bits per heavy atom. The Balaban J connectivity index is 2.97. The fourth-order valence-electron chi connectivity index (χ4n) is 1.75. The number of ether oxygens (including phenoxy) is 1. The van der Waals surface area contributed by atoms with Crippen LogP contribution in [0.15, 0.2) is 18.2 Å². The van der Waals surface area contributed by atoms with E-state index in [0.29, 0.717) is 6.42 Å². The molecule has 0 aliphatic rings. The molecule has 0 aromatic heterocycles. The monoisotopic (exact) mass is 246 g/mol. The molecule has 1 aromatic rings. The van der Waals surface area contributed by atoms with Crippen LogP contribution >= 0.6 is 0 Å². The van der Waals surface area contributed by atoms with Crippen molar-refractivity contribution >= 4 is 11.6 Å². The maximum Gasteiger partial charge on any atom is 0.244 e. The van der Waals surface area contributed by atoms with Gasteiger partial charge in [-0.3, -0.25) is 4.79 Å². The summed E-state index contributed by atoms with van der Waals surface area (Å²) in [5, 5.41) is 8.91. The van der Waals surface area contributed by atoms with Crippen LogP contribution < -0.4 is 9.64 Å². The van der Waals surface area contributed by atoms with Crippen molar-refractivity contribution in [1.29, 1.82) is 5.26 Å². The van der Waals surface area contributed by atoms with Crippen molar-refractivity contribution in [3.8, 4) is 11.8 Å². The average molecular weight is 246 g/mol. The Labute approximate surface area is 108 Å². The van der Waals surface area contributed by atoms with Gasteiger partial charge in [0.2, 0.25) is 5.91 Å². The standard InChI is InChI=1S/C14H18N2O2/c1-5-11(9-15)14(17)16(3)12-6-7-13(18-4)10(2)8-12/h6-8,11H,5H2,1-4H3. The molecule has 1 rings (SSSR count). The molecule has 0 aliphatic carbocycles. The molecule has 0 saturated carbocycles. The van der Waals surface area contributed by atoms with Crippen LogP contribution in [0.4, 0.5) is 5.69 Å². The van der Waals surface area contributed by atoms with Crippen LogP contribution in [0.25, 0.3) is 0 Å². The number of methoxy groups -OCH3 is 1. The average Bonchev–Trinajstić information content (AvgIpc) is 2.39. The number of hydrogen-bond acceptors (Lipinski definition) is 3. The van der Waals surface area contributed by atoms with Gasteiger partial charge in [0.05, 0.1) is 13.2 Å². The molecule has 1 unspecified atom stereocenters. The van der Waals surface area contributed by atoms with E-state index in [1.54, 1.807) is 14.2 Å². The molecular formula is C14H18N2O2. The first kappa shape index (κ1) is 14.0. The predicted molar refractivity (Wildman–Crippen MR) is 70.5 cm³/mol. The van der Waals surface area contributed by atoms with E-state index >= 15 is 0 Å². The van der Waals surface area contributed by atoms with E-state index in [-0.39, 0.29) is 5.91 Å². The number of benzene rings is 1. The summed E-state index contributed by atoms with van der Waals surface area (Å²) < 4.78 is 5.17. The molecule has 0 radical (unpaired) electrons. The second kappa shape index (κ2) is 6.06. The van der Waals surface area contributed by atoms with Gasteiger partial charge in [-0.1, -0.05) is 6.92 Å². The van der Waals surface area contributed by atoms with Crippen molar-refractivity contribution in [2.75, 3.05) is 19.1 Å². The van der Waals surface area contributed by atoms with Crippen LogP contribution in [0.3, 0.4) is 0 Å². The normalized spacial score (nSPS) is 11.5. The number of nitrogens with zero attached hydrogens (tertiary/aromatic N) is 2. The third kappa shape index (κ3) is 2.80. The van der Waals surface area contributed by atoms with Crippen LogP contribution in [-0.2, 0) is 4.79 Å². The Kier molecular flexibility index (Phi) is 4.73. The van der Waals surface area contributed by atoms with E-state index in [1.807, 2.05) is 38.1 Å². The molecule has 0 bridgehead atoms. The lowest BCUT2D eigenvalue weighted by Gasteiger charge is -2.20. The zero-order chi connectivity index (χ0) is 13.7. The topological polar surface area (TPSA) is 53.3 Å². The highest BCUT2D eigenvalue weighted by Gasteiger charge is 2.21. The van der Waals surface area contributed by atoms with Gasteiger partial charge in [-0.2, -0.15) is 5.26 Å². The quantitative estimate of drug-likeness (QED) is 0.820. The van der Waals surface area contributed by atoms with Crippen LogP contribution in [0.1, 0.15) is 18.9 Å². The van der Waals surface area contributed by atoms with Gasteiger partial charge in [-0.25, -0.2) is 0 Å². The second-order valence-electron chi connectivity index (χ2n) is 4.14. The number of amides is 1. The SMILES string of the molecule is CCC(C#N)C(=O)N(C)c1ccc(OC)c(C)c1. The molecule has 4 nitrogen and oxygen atoms in total. The van der Waals surface area contributed by atoms with Crippen LogP contribution in [0, 0.1) is 24.2 Å². The summed E-state index contributed by atoms with van der Waals surface area (Å²) in [6, 6.07) is 7.53. The van der Waals surface area contributed by atoms with E-state index in [1.165, 1.54) is 4.90 Å². The first-order chi connectivity index (χ1) is 8.54. The maximum absolute atomic E-state index is 12.0. The van der Waals surface area contributed by atoms with Crippen molar-refractivity contribution < 1.29 is 9.53 Å². The Bertz CT molecular complexity index is 477. The molecule has 0 N–H and O–H groups in total. The number of hydrogen-bond donors (Lipinski definition) is 0. The number of nitriles is 1. The zero-order valence-electron chi connectivity index (χ0n) is 11.2. The summed E-state index contributed by atoms with van der Waals surface area (Å²) in [7, 11) is 3.29. The molecule has 0 spiro atoms. The molecule has 4 heteroatoms. The lowest BCUT2D eigenvalue weighted by atomic mass is 10.1. The molecular weight excluding hydrogens is 228 g/mol. The number of rotatable bonds is 4. The Morgan fingerprint density at radius 1 is 1.56 bits per heavy atom. The second-order valence-corrected chi connectivity index (χ2v) is 4.14. The summed E-state index contributed by atoms with van der Waals surface area (Å²) >= 11 is 0. The summed E-state index contributed by atoms with van der Waals surface area (Å²) in [4.78, 5) is 13.6.